The zero-order chi connectivity index (χ0) is 32.6. The van der Waals surface area contributed by atoms with Gasteiger partial charge in [-0.15, -0.1) is 0 Å². The topological polar surface area (TPSA) is 126 Å². The van der Waals surface area contributed by atoms with E-state index in [-0.39, 0.29) is 23.8 Å². The van der Waals surface area contributed by atoms with Crippen LogP contribution in [0.4, 0.5) is 40.7 Å². The molecule has 240 valence electrons. The Bertz CT molecular complexity index is 1470. The van der Waals surface area contributed by atoms with Crippen LogP contribution in [0.5, 0.6) is 5.75 Å². The van der Waals surface area contributed by atoms with Crippen LogP contribution in [0.3, 0.4) is 0 Å². The quantitative estimate of drug-likeness (QED) is 0.278. The Kier molecular flexibility index (Phi) is 11.9. The summed E-state index contributed by atoms with van der Waals surface area (Å²) in [6, 6.07) is 9.67. The van der Waals surface area contributed by atoms with Crippen LogP contribution in [-0.2, 0) is 23.7 Å². The minimum Gasteiger partial charge on any atom is -0.495 e. The van der Waals surface area contributed by atoms with E-state index in [0.717, 1.165) is 24.9 Å². The van der Waals surface area contributed by atoms with E-state index >= 15 is 0 Å². The summed E-state index contributed by atoms with van der Waals surface area (Å²) in [6.07, 6.45) is -1.30. The van der Waals surface area contributed by atoms with Gasteiger partial charge in [-0.25, -0.2) is 13.6 Å². The fourth-order valence-electron chi connectivity index (χ4n) is 4.39. The number of halogens is 4. The number of nitrogens with one attached hydrogen (secondary N) is 2. The number of ether oxygens (including phenoxy) is 1. The van der Waals surface area contributed by atoms with Crippen molar-refractivity contribution in [1.82, 2.24) is 14.9 Å². The fourth-order valence-corrected chi connectivity index (χ4v) is 4.84. The molecule has 1 aliphatic heterocycles. The van der Waals surface area contributed by atoms with Crippen molar-refractivity contribution in [2.45, 2.75) is 38.7 Å². The van der Waals surface area contributed by atoms with Crippen molar-refractivity contribution in [3.63, 3.8) is 0 Å². The number of hydrogen-bond donors (Lipinski definition) is 3. The van der Waals surface area contributed by atoms with Crippen LogP contribution in [0.2, 0.25) is 0 Å². The highest BCUT2D eigenvalue weighted by atomic mass is 32.2. The molecule has 1 saturated heterocycles. The largest absolute Gasteiger partial charge is 0.495 e. The summed E-state index contributed by atoms with van der Waals surface area (Å²) < 4.78 is 72.2. The molecule has 1 aromatic heterocycles. The number of hydrogen-bond acceptors (Lipinski definition) is 8. The normalized spacial score (nSPS) is 15.9. The van der Waals surface area contributed by atoms with E-state index in [1.54, 1.807) is 19.2 Å². The lowest BCUT2D eigenvalue weighted by molar-refractivity contribution is -0.137. The van der Waals surface area contributed by atoms with Crippen LogP contribution in [0.15, 0.2) is 42.6 Å². The lowest BCUT2D eigenvalue weighted by Gasteiger charge is -2.24. The zero-order valence-corrected chi connectivity index (χ0v) is 26.0. The maximum Gasteiger partial charge on any atom is 0.421 e. The third kappa shape index (κ3) is 9.51. The highest BCUT2D eigenvalue weighted by Gasteiger charge is 2.35. The van der Waals surface area contributed by atoms with Gasteiger partial charge in [-0.1, -0.05) is 12.1 Å². The Morgan fingerprint density at radius 1 is 1.25 bits per heavy atom. The number of aryl methyl sites for hydroxylation is 1. The first-order chi connectivity index (χ1) is 20.7. The number of amides is 1. The Morgan fingerprint density at radius 2 is 1.98 bits per heavy atom. The Morgan fingerprint density at radius 3 is 2.55 bits per heavy atom. The first-order valence-electron chi connectivity index (χ1n) is 13.6. The number of benzene rings is 2. The predicted octanol–water partition coefficient (Wildman–Crippen LogP) is 5.05. The first-order valence-corrected chi connectivity index (χ1v) is 15.1. The highest BCUT2D eigenvalue weighted by molar-refractivity contribution is 7.85. The number of aromatic nitrogens is 2. The average molecular weight is 640 g/mol. The molecule has 1 unspecified atom stereocenters. The number of carbonyl (C=O) groups is 1. The predicted molar refractivity (Wildman–Crippen MR) is 164 cm³/mol. The van der Waals surface area contributed by atoms with Crippen LogP contribution < -0.4 is 25.4 Å². The molecule has 0 radical (unpaired) electrons. The molecular weight excluding hydrogens is 602 g/mol. The number of primary amides is 1. The summed E-state index contributed by atoms with van der Waals surface area (Å²) in [5.41, 5.74) is 6.89. The molecular formula is C29H37F4N7O3S. The van der Waals surface area contributed by atoms with Gasteiger partial charge in [0.25, 0.3) is 0 Å². The minimum atomic E-state index is -4.71. The second-order valence-electron chi connectivity index (χ2n) is 10.3. The molecule has 1 amide bonds. The molecule has 2 heterocycles. The van der Waals surface area contributed by atoms with Crippen LogP contribution in [0, 0.1) is 6.92 Å². The summed E-state index contributed by atoms with van der Waals surface area (Å²) in [6.45, 7) is 3.55. The van der Waals surface area contributed by atoms with Gasteiger partial charge in [-0.3, -0.25) is 9.10 Å². The zero-order valence-electron chi connectivity index (χ0n) is 25.2. The van der Waals surface area contributed by atoms with Gasteiger partial charge in [0.1, 0.15) is 34.3 Å². The molecule has 4 rings (SSSR count). The van der Waals surface area contributed by atoms with Crippen LogP contribution in [0.25, 0.3) is 0 Å². The number of carbonyl (C=O) groups excluding carboxylic acids is 1. The monoisotopic (exact) mass is 639 g/mol. The summed E-state index contributed by atoms with van der Waals surface area (Å²) in [7, 11) is 3.64. The number of nitrogens with two attached hydrogens (primary N) is 1. The number of anilines is 4. The molecule has 0 bridgehead atoms. The van der Waals surface area contributed by atoms with Crippen molar-refractivity contribution >= 4 is 40.0 Å². The molecule has 1 aliphatic rings. The molecule has 2 atom stereocenters. The number of nitrogens with zero attached hydrogens (tertiary/aromatic N) is 4. The third-order valence-corrected chi connectivity index (χ3v) is 7.77. The molecule has 10 nitrogen and oxygen atoms in total. The van der Waals surface area contributed by atoms with Crippen LogP contribution in [0.1, 0.15) is 39.9 Å². The Hall–Kier alpha value is -3.98. The van der Waals surface area contributed by atoms with Crippen molar-refractivity contribution in [2.24, 2.45) is 5.73 Å². The number of alkyl halides is 4. The number of rotatable bonds is 9. The van der Waals surface area contributed by atoms with Gasteiger partial charge in [0.05, 0.1) is 18.5 Å². The van der Waals surface area contributed by atoms with E-state index in [9.17, 15) is 26.6 Å². The number of likely N-dealkylation sites (tertiary alicyclic amines) is 1. The van der Waals surface area contributed by atoms with E-state index in [1.165, 1.54) is 35.9 Å². The van der Waals surface area contributed by atoms with Gasteiger partial charge in [0.15, 0.2) is 0 Å². The highest BCUT2D eigenvalue weighted by Crippen LogP contribution is 2.35. The molecule has 4 N–H and O–H groups in total. The van der Waals surface area contributed by atoms with Crippen molar-refractivity contribution in [2.75, 3.05) is 55.5 Å². The smallest absolute Gasteiger partial charge is 0.421 e. The van der Waals surface area contributed by atoms with Gasteiger partial charge in [0, 0.05) is 38.2 Å². The summed E-state index contributed by atoms with van der Waals surface area (Å²) in [5.74, 6) is -1.01. The lowest BCUT2D eigenvalue weighted by Crippen LogP contribution is -2.32. The first kappa shape index (κ1) is 34.5. The van der Waals surface area contributed by atoms with Gasteiger partial charge in [-0.2, -0.15) is 18.2 Å². The molecule has 0 saturated carbocycles. The van der Waals surface area contributed by atoms with Gasteiger partial charge >= 0.3 is 6.18 Å². The molecule has 0 spiro atoms. The standard InChI is InChI=1S/C23H25F3N6O3S.C6H12FN/c1-13-5-6-15(18(9-13)32(2)36(4)34)11-28-21-16(23(24,25)26)12-29-22(31-21)30-17-8-7-14(20(27)33)10-19(17)35-3;1-8-4-2-3-6(7)5-8/h5-10,12H,11H2,1-4H3,(H2,27,33)(H2,28,29,30,31);6H,2-5H2,1H3/t;6-/m.0/s1. The van der Waals surface area contributed by atoms with Crippen LogP contribution >= 0.6 is 0 Å². The Balaban J connectivity index is 0.000000572. The maximum atomic E-state index is 13.7. The molecule has 1 fully saturated rings. The molecule has 0 aliphatic carbocycles. The molecule has 2 aromatic carbocycles. The van der Waals surface area contributed by atoms with Crippen molar-refractivity contribution < 1.29 is 31.3 Å². The summed E-state index contributed by atoms with van der Waals surface area (Å²) in [5, 5.41) is 5.54. The van der Waals surface area contributed by atoms with E-state index in [0.29, 0.717) is 29.7 Å². The molecule has 15 heteroatoms. The second-order valence-corrected chi connectivity index (χ2v) is 11.7. The maximum absolute atomic E-state index is 13.7. The number of piperidine rings is 1. The van der Waals surface area contributed by atoms with E-state index in [1.807, 2.05) is 24.9 Å². The fraction of sp³-hybridized carbons (Fsp3) is 0.414. The molecule has 3 aromatic rings. The third-order valence-electron chi connectivity index (χ3n) is 6.81. The van der Waals surface area contributed by atoms with Crippen molar-refractivity contribution in [3.05, 3.63) is 64.8 Å². The van der Waals surface area contributed by atoms with E-state index in [2.05, 4.69) is 20.6 Å². The summed E-state index contributed by atoms with van der Waals surface area (Å²) >= 11 is 0. The Labute approximate surface area is 256 Å². The van der Waals surface area contributed by atoms with E-state index < -0.39 is 40.6 Å². The van der Waals surface area contributed by atoms with Crippen LogP contribution in [-0.4, -0.2) is 71.7 Å². The van der Waals surface area contributed by atoms with Gasteiger partial charge in [0.2, 0.25) is 11.9 Å². The second kappa shape index (κ2) is 15.1. The van der Waals surface area contributed by atoms with E-state index in [4.69, 9.17) is 10.5 Å². The van der Waals surface area contributed by atoms with Gasteiger partial charge in [-0.05, 0) is 68.8 Å². The van der Waals surface area contributed by atoms with Crippen molar-refractivity contribution in [3.8, 4) is 5.75 Å². The SMILES string of the molecule is CN1CCC[C@H](F)C1.COc1cc(C(N)=O)ccc1Nc1ncc(C(F)(F)F)c(NCc2ccc(C)cc2N(C)S(C)=O)n1. The molecule has 44 heavy (non-hydrogen) atoms. The number of methoxy groups -OCH3 is 1. The summed E-state index contributed by atoms with van der Waals surface area (Å²) in [4.78, 5) is 21.3. The average Bonchev–Trinajstić information content (AvgIpc) is 2.95. The lowest BCUT2D eigenvalue weighted by atomic mass is 10.1. The van der Waals surface area contributed by atoms with Gasteiger partial charge < -0.3 is 26.0 Å². The van der Waals surface area contributed by atoms with Crippen molar-refractivity contribution in [1.29, 1.82) is 0 Å². The minimum absolute atomic E-state index is 0.0205.